The highest BCUT2D eigenvalue weighted by Crippen LogP contribution is 2.41. The molecule has 5 heteroatoms. The third-order valence-electron chi connectivity index (χ3n) is 3.09. The molecule has 0 amide bonds. The van der Waals surface area contributed by atoms with Gasteiger partial charge in [-0.3, -0.25) is 0 Å². The van der Waals surface area contributed by atoms with E-state index in [1.165, 1.54) is 6.20 Å². The number of hydrogen-bond donors (Lipinski definition) is 1. The fraction of sp³-hybridized carbons (Fsp3) is 0.231. The number of benzene rings is 1. The standard InChI is InChI=1S/C13H11F2N3/c14-8-1-2-10(15)9(7-8)11-3-6-17-12(18-11)13(16)4-5-13/h1-3,6-7H,4-5,16H2. The molecule has 0 unspecified atom stereocenters. The minimum Gasteiger partial charge on any atom is -0.319 e. The van der Waals surface area contributed by atoms with Gasteiger partial charge in [-0.15, -0.1) is 0 Å². The lowest BCUT2D eigenvalue weighted by Gasteiger charge is -2.09. The first kappa shape index (κ1) is 11.2. The van der Waals surface area contributed by atoms with E-state index in [1.807, 2.05) is 0 Å². The van der Waals surface area contributed by atoms with Crippen molar-refractivity contribution in [2.75, 3.05) is 0 Å². The third kappa shape index (κ3) is 1.86. The molecule has 3 nitrogen and oxygen atoms in total. The van der Waals surface area contributed by atoms with E-state index in [2.05, 4.69) is 9.97 Å². The van der Waals surface area contributed by atoms with Crippen molar-refractivity contribution in [3.63, 3.8) is 0 Å². The highest BCUT2D eigenvalue weighted by molar-refractivity contribution is 5.59. The third-order valence-corrected chi connectivity index (χ3v) is 3.09. The summed E-state index contributed by atoms with van der Waals surface area (Å²) in [5, 5.41) is 0. The van der Waals surface area contributed by atoms with Crippen molar-refractivity contribution < 1.29 is 8.78 Å². The molecule has 1 aromatic carbocycles. The Morgan fingerprint density at radius 2 is 1.94 bits per heavy atom. The zero-order valence-corrected chi connectivity index (χ0v) is 9.53. The number of rotatable bonds is 2. The summed E-state index contributed by atoms with van der Waals surface area (Å²) in [6.07, 6.45) is 3.17. The Hall–Kier alpha value is -1.88. The Labute approximate surface area is 103 Å². The molecule has 1 heterocycles. The van der Waals surface area contributed by atoms with E-state index >= 15 is 0 Å². The van der Waals surface area contributed by atoms with E-state index in [0.717, 1.165) is 31.0 Å². The highest BCUT2D eigenvalue weighted by Gasteiger charge is 2.43. The van der Waals surface area contributed by atoms with Crippen LogP contribution in [0, 0.1) is 11.6 Å². The summed E-state index contributed by atoms with van der Waals surface area (Å²) in [5.41, 5.74) is 5.99. The van der Waals surface area contributed by atoms with E-state index in [4.69, 9.17) is 5.73 Å². The maximum absolute atomic E-state index is 13.6. The minimum absolute atomic E-state index is 0.128. The number of aromatic nitrogens is 2. The molecule has 1 aliphatic carbocycles. The summed E-state index contributed by atoms with van der Waals surface area (Å²) >= 11 is 0. The first-order valence-electron chi connectivity index (χ1n) is 5.66. The van der Waals surface area contributed by atoms with Crippen LogP contribution in [0.2, 0.25) is 0 Å². The van der Waals surface area contributed by atoms with Crippen LogP contribution in [0.1, 0.15) is 18.7 Å². The normalized spacial score (nSPS) is 16.6. The molecule has 18 heavy (non-hydrogen) atoms. The molecule has 92 valence electrons. The van der Waals surface area contributed by atoms with Gasteiger partial charge in [0.1, 0.15) is 17.5 Å². The predicted octanol–water partition coefficient (Wildman–Crippen LogP) is 2.37. The van der Waals surface area contributed by atoms with Crippen LogP contribution in [0.4, 0.5) is 8.78 Å². The second kappa shape index (κ2) is 3.81. The smallest absolute Gasteiger partial charge is 0.148 e. The van der Waals surface area contributed by atoms with E-state index in [1.54, 1.807) is 6.07 Å². The van der Waals surface area contributed by atoms with Gasteiger partial charge in [-0.2, -0.15) is 0 Å². The molecule has 0 bridgehead atoms. The predicted molar refractivity (Wildman–Crippen MR) is 62.5 cm³/mol. The minimum atomic E-state index is -0.511. The van der Waals surface area contributed by atoms with Crippen molar-refractivity contribution in [1.29, 1.82) is 0 Å². The Morgan fingerprint density at radius 1 is 1.17 bits per heavy atom. The van der Waals surface area contributed by atoms with Gasteiger partial charge in [0.2, 0.25) is 0 Å². The second-order valence-corrected chi connectivity index (χ2v) is 4.55. The summed E-state index contributed by atoms with van der Waals surface area (Å²) in [4.78, 5) is 8.33. The van der Waals surface area contributed by atoms with Crippen LogP contribution in [0.3, 0.4) is 0 Å². The molecule has 1 aliphatic rings. The number of hydrogen-bond acceptors (Lipinski definition) is 3. The molecule has 1 saturated carbocycles. The maximum atomic E-state index is 13.6. The van der Waals surface area contributed by atoms with Gasteiger partial charge in [-0.05, 0) is 37.1 Å². The van der Waals surface area contributed by atoms with E-state index in [9.17, 15) is 8.78 Å². The molecule has 0 saturated heterocycles. The zero-order valence-electron chi connectivity index (χ0n) is 9.53. The first-order chi connectivity index (χ1) is 8.58. The summed E-state index contributed by atoms with van der Waals surface area (Å²) < 4.78 is 26.8. The van der Waals surface area contributed by atoms with Crippen LogP contribution >= 0.6 is 0 Å². The van der Waals surface area contributed by atoms with Crippen molar-refractivity contribution in [1.82, 2.24) is 9.97 Å². The monoisotopic (exact) mass is 247 g/mol. The van der Waals surface area contributed by atoms with Gasteiger partial charge in [0, 0.05) is 11.8 Å². The van der Waals surface area contributed by atoms with Crippen molar-refractivity contribution >= 4 is 0 Å². The lowest BCUT2D eigenvalue weighted by Crippen LogP contribution is -2.22. The topological polar surface area (TPSA) is 51.8 Å². The maximum Gasteiger partial charge on any atom is 0.148 e. The fourth-order valence-corrected chi connectivity index (χ4v) is 1.80. The van der Waals surface area contributed by atoms with Crippen molar-refractivity contribution in [3.8, 4) is 11.3 Å². The molecule has 1 aromatic heterocycles. The van der Waals surface area contributed by atoms with Gasteiger partial charge in [0.15, 0.2) is 0 Å². The van der Waals surface area contributed by atoms with E-state index in [0.29, 0.717) is 11.5 Å². The molecule has 3 rings (SSSR count). The van der Waals surface area contributed by atoms with Gasteiger partial charge < -0.3 is 5.73 Å². The average Bonchev–Trinajstić information content (AvgIpc) is 3.12. The molecule has 0 spiro atoms. The van der Waals surface area contributed by atoms with Crippen molar-refractivity contribution in [2.45, 2.75) is 18.4 Å². The summed E-state index contributed by atoms with van der Waals surface area (Å²) in [7, 11) is 0. The van der Waals surface area contributed by atoms with Crippen LogP contribution in [0.15, 0.2) is 30.5 Å². The molecule has 0 aliphatic heterocycles. The highest BCUT2D eigenvalue weighted by atomic mass is 19.1. The molecule has 2 aromatic rings. The van der Waals surface area contributed by atoms with Crippen LogP contribution in [-0.2, 0) is 5.54 Å². The quantitative estimate of drug-likeness (QED) is 0.886. The van der Waals surface area contributed by atoms with Crippen LogP contribution in [0.25, 0.3) is 11.3 Å². The zero-order chi connectivity index (χ0) is 12.8. The van der Waals surface area contributed by atoms with E-state index in [-0.39, 0.29) is 5.56 Å². The molecule has 2 N–H and O–H groups in total. The number of nitrogens with two attached hydrogens (primary N) is 1. The number of nitrogens with zero attached hydrogens (tertiary/aromatic N) is 2. The van der Waals surface area contributed by atoms with Crippen LogP contribution < -0.4 is 5.73 Å². The summed E-state index contributed by atoms with van der Waals surface area (Å²) in [6, 6.07) is 4.83. The van der Waals surface area contributed by atoms with Crippen molar-refractivity contribution in [2.24, 2.45) is 5.73 Å². The Morgan fingerprint density at radius 3 is 2.67 bits per heavy atom. The molecule has 1 fully saturated rings. The van der Waals surface area contributed by atoms with Gasteiger partial charge in [-0.25, -0.2) is 18.7 Å². The Balaban J connectivity index is 2.09. The largest absolute Gasteiger partial charge is 0.319 e. The molecule has 0 radical (unpaired) electrons. The average molecular weight is 247 g/mol. The fourth-order valence-electron chi connectivity index (χ4n) is 1.80. The van der Waals surface area contributed by atoms with Gasteiger partial charge in [-0.1, -0.05) is 0 Å². The van der Waals surface area contributed by atoms with Crippen LogP contribution in [0.5, 0.6) is 0 Å². The molecular formula is C13H11F2N3. The van der Waals surface area contributed by atoms with E-state index < -0.39 is 17.2 Å². The number of halogens is 2. The van der Waals surface area contributed by atoms with Crippen molar-refractivity contribution in [3.05, 3.63) is 47.9 Å². The first-order valence-corrected chi connectivity index (χ1v) is 5.66. The molecular weight excluding hydrogens is 236 g/mol. The lowest BCUT2D eigenvalue weighted by atomic mass is 10.1. The Bertz CT molecular complexity index is 609. The SMILES string of the molecule is NC1(c2nccc(-c3cc(F)ccc3F)n2)CC1. The van der Waals surface area contributed by atoms with Gasteiger partial charge >= 0.3 is 0 Å². The molecule has 0 atom stereocenters. The van der Waals surface area contributed by atoms with Gasteiger partial charge in [0.05, 0.1) is 11.2 Å². The Kier molecular flexibility index (Phi) is 2.38. The summed E-state index contributed by atoms with van der Waals surface area (Å²) in [5.74, 6) is -0.521. The summed E-state index contributed by atoms with van der Waals surface area (Å²) in [6.45, 7) is 0. The van der Waals surface area contributed by atoms with Gasteiger partial charge in [0.25, 0.3) is 0 Å². The second-order valence-electron chi connectivity index (χ2n) is 4.55. The lowest BCUT2D eigenvalue weighted by molar-refractivity contribution is 0.602. The van der Waals surface area contributed by atoms with Crippen LogP contribution in [-0.4, -0.2) is 9.97 Å².